The fraction of sp³-hybridized carbons (Fsp3) is 0.667. The normalized spacial score (nSPS) is 19.4. The van der Waals surface area contributed by atoms with Gasteiger partial charge in [0.05, 0.1) is 4.92 Å². The molecule has 1 aliphatic carbocycles. The summed E-state index contributed by atoms with van der Waals surface area (Å²) in [7, 11) is 0. The molecule has 1 aromatic carbocycles. The molecular formula is C18H27NO2. The molecule has 1 fully saturated rings. The highest BCUT2D eigenvalue weighted by atomic mass is 16.6. The van der Waals surface area contributed by atoms with Crippen molar-refractivity contribution in [2.75, 3.05) is 0 Å². The molecule has 0 radical (unpaired) electrons. The molecule has 116 valence electrons. The summed E-state index contributed by atoms with van der Waals surface area (Å²) in [6.07, 6.45) is 13.9. The number of nitrogens with zero attached hydrogens (tertiary/aromatic N) is 1. The Morgan fingerprint density at radius 3 is 1.81 bits per heavy atom. The Bertz CT molecular complexity index is 433. The average Bonchev–Trinajstić information content (AvgIpc) is 2.48. The molecule has 2 rings (SSSR count). The monoisotopic (exact) mass is 289 g/mol. The van der Waals surface area contributed by atoms with Gasteiger partial charge in [0, 0.05) is 11.6 Å². The maximum Gasteiger partial charge on any atom is 0.272 e. The Morgan fingerprint density at radius 2 is 1.29 bits per heavy atom. The van der Waals surface area contributed by atoms with Crippen molar-refractivity contribution in [3.8, 4) is 0 Å². The van der Waals surface area contributed by atoms with Gasteiger partial charge in [0.2, 0.25) is 0 Å². The zero-order chi connectivity index (χ0) is 14.9. The van der Waals surface area contributed by atoms with E-state index in [1.807, 2.05) is 12.1 Å². The number of nitro groups is 1. The van der Waals surface area contributed by atoms with Gasteiger partial charge in [-0.05, 0) is 18.8 Å². The molecule has 1 aliphatic rings. The summed E-state index contributed by atoms with van der Waals surface area (Å²) in [6, 6.07) is 7.34. The Balaban J connectivity index is 2.08. The molecule has 0 atom stereocenters. The van der Waals surface area contributed by atoms with E-state index in [0.717, 1.165) is 18.4 Å². The van der Waals surface area contributed by atoms with Crippen LogP contribution in [0.2, 0.25) is 0 Å². The summed E-state index contributed by atoms with van der Waals surface area (Å²) >= 11 is 0. The highest BCUT2D eigenvalue weighted by Gasteiger charge is 2.21. The third-order valence-corrected chi connectivity index (χ3v) is 4.68. The molecule has 1 saturated carbocycles. The van der Waals surface area contributed by atoms with Gasteiger partial charge in [-0.15, -0.1) is 0 Å². The van der Waals surface area contributed by atoms with Crippen molar-refractivity contribution in [2.45, 2.75) is 76.5 Å². The highest BCUT2D eigenvalue weighted by Crippen LogP contribution is 2.34. The first-order valence-corrected chi connectivity index (χ1v) is 8.52. The second-order valence-corrected chi connectivity index (χ2v) is 6.27. The van der Waals surface area contributed by atoms with Crippen molar-refractivity contribution in [1.82, 2.24) is 0 Å². The molecule has 3 nitrogen and oxygen atoms in total. The number of nitro benzene ring substituents is 1. The Hall–Kier alpha value is -1.38. The molecule has 1 aromatic rings. The Morgan fingerprint density at radius 1 is 0.810 bits per heavy atom. The molecule has 0 saturated heterocycles. The third-order valence-electron chi connectivity index (χ3n) is 4.68. The lowest BCUT2D eigenvalue weighted by Gasteiger charge is -2.18. The van der Waals surface area contributed by atoms with E-state index in [-0.39, 0.29) is 4.92 Å². The van der Waals surface area contributed by atoms with E-state index in [1.165, 1.54) is 57.8 Å². The van der Waals surface area contributed by atoms with Crippen molar-refractivity contribution < 1.29 is 4.92 Å². The van der Waals surface area contributed by atoms with Gasteiger partial charge in [0.15, 0.2) is 0 Å². The van der Waals surface area contributed by atoms with Gasteiger partial charge in [-0.3, -0.25) is 10.1 Å². The van der Waals surface area contributed by atoms with Crippen LogP contribution in [0.5, 0.6) is 0 Å². The highest BCUT2D eigenvalue weighted by molar-refractivity contribution is 5.42. The van der Waals surface area contributed by atoms with Crippen molar-refractivity contribution in [1.29, 1.82) is 0 Å². The zero-order valence-corrected chi connectivity index (χ0v) is 12.9. The van der Waals surface area contributed by atoms with Gasteiger partial charge in [-0.25, -0.2) is 0 Å². The molecule has 21 heavy (non-hydrogen) atoms. The van der Waals surface area contributed by atoms with E-state index in [2.05, 4.69) is 0 Å². The molecule has 0 N–H and O–H groups in total. The first-order chi connectivity index (χ1) is 10.3. The summed E-state index contributed by atoms with van der Waals surface area (Å²) in [4.78, 5) is 11.0. The van der Waals surface area contributed by atoms with Crippen LogP contribution in [0, 0.1) is 10.1 Å². The maximum absolute atomic E-state index is 11.2. The summed E-state index contributed by atoms with van der Waals surface area (Å²) in [6.45, 7) is 0. The molecular weight excluding hydrogens is 262 g/mol. The maximum atomic E-state index is 11.2. The van der Waals surface area contributed by atoms with E-state index in [0.29, 0.717) is 11.6 Å². The fourth-order valence-corrected chi connectivity index (χ4v) is 3.47. The van der Waals surface area contributed by atoms with Crippen LogP contribution in [0.3, 0.4) is 0 Å². The number of para-hydroxylation sites is 1. The minimum absolute atomic E-state index is 0.217. The summed E-state index contributed by atoms with van der Waals surface area (Å²) in [5.74, 6) is 0.367. The fourth-order valence-electron chi connectivity index (χ4n) is 3.47. The number of hydrogen-bond donors (Lipinski definition) is 0. The molecule has 0 amide bonds. The van der Waals surface area contributed by atoms with Gasteiger partial charge >= 0.3 is 0 Å². The number of hydrogen-bond acceptors (Lipinski definition) is 2. The Labute approximate surface area is 127 Å². The lowest BCUT2D eigenvalue weighted by atomic mass is 9.86. The second-order valence-electron chi connectivity index (χ2n) is 6.27. The predicted molar refractivity (Wildman–Crippen MR) is 86.6 cm³/mol. The average molecular weight is 289 g/mol. The lowest BCUT2D eigenvalue weighted by Crippen LogP contribution is -2.04. The first kappa shape index (κ1) is 16.0. The van der Waals surface area contributed by atoms with Crippen molar-refractivity contribution >= 4 is 5.69 Å². The summed E-state index contributed by atoms with van der Waals surface area (Å²) < 4.78 is 0. The summed E-state index contributed by atoms with van der Waals surface area (Å²) in [5, 5.41) is 11.2. The van der Waals surface area contributed by atoms with Crippen LogP contribution in [0.25, 0.3) is 0 Å². The molecule has 0 bridgehead atoms. The van der Waals surface area contributed by atoms with E-state index < -0.39 is 0 Å². The van der Waals surface area contributed by atoms with Gasteiger partial charge in [-0.2, -0.15) is 0 Å². The van der Waals surface area contributed by atoms with Crippen LogP contribution in [-0.2, 0) is 0 Å². The van der Waals surface area contributed by atoms with Crippen molar-refractivity contribution in [3.63, 3.8) is 0 Å². The minimum atomic E-state index is -0.217. The van der Waals surface area contributed by atoms with Crippen LogP contribution < -0.4 is 0 Å². The van der Waals surface area contributed by atoms with Crippen LogP contribution in [-0.4, -0.2) is 4.92 Å². The van der Waals surface area contributed by atoms with Crippen LogP contribution in [0.1, 0.15) is 82.1 Å². The predicted octanol–water partition coefficient (Wildman–Crippen LogP) is 5.98. The molecule has 0 aromatic heterocycles. The van der Waals surface area contributed by atoms with E-state index >= 15 is 0 Å². The van der Waals surface area contributed by atoms with Gasteiger partial charge in [-0.1, -0.05) is 76.0 Å². The van der Waals surface area contributed by atoms with Crippen LogP contribution >= 0.6 is 0 Å². The van der Waals surface area contributed by atoms with Crippen molar-refractivity contribution in [2.24, 2.45) is 0 Å². The quantitative estimate of drug-likeness (QED) is 0.496. The molecule has 0 spiro atoms. The van der Waals surface area contributed by atoms with Gasteiger partial charge in [0.1, 0.15) is 0 Å². The van der Waals surface area contributed by atoms with E-state index in [4.69, 9.17) is 0 Å². The largest absolute Gasteiger partial charge is 0.272 e. The molecule has 3 heteroatoms. The van der Waals surface area contributed by atoms with Gasteiger partial charge < -0.3 is 0 Å². The SMILES string of the molecule is O=[N+]([O-])c1ccccc1C1CCCCCCCCCCC1. The third kappa shape index (κ3) is 5.14. The number of benzene rings is 1. The minimum Gasteiger partial charge on any atom is -0.258 e. The van der Waals surface area contributed by atoms with Crippen LogP contribution in [0.4, 0.5) is 5.69 Å². The first-order valence-electron chi connectivity index (χ1n) is 8.52. The standard InChI is InChI=1S/C18H27NO2/c20-19(21)18-15-11-10-14-17(18)16-12-8-6-4-2-1-3-5-7-9-13-16/h10-11,14-16H,1-9,12-13H2. The van der Waals surface area contributed by atoms with E-state index in [1.54, 1.807) is 12.1 Å². The molecule has 0 aliphatic heterocycles. The van der Waals surface area contributed by atoms with Crippen LogP contribution in [0.15, 0.2) is 24.3 Å². The van der Waals surface area contributed by atoms with Gasteiger partial charge in [0.25, 0.3) is 5.69 Å². The van der Waals surface area contributed by atoms with E-state index in [9.17, 15) is 10.1 Å². The van der Waals surface area contributed by atoms with Crippen molar-refractivity contribution in [3.05, 3.63) is 39.9 Å². The molecule has 0 heterocycles. The summed E-state index contributed by atoms with van der Waals surface area (Å²) in [5.41, 5.74) is 1.27. The lowest BCUT2D eigenvalue weighted by molar-refractivity contribution is -0.385. The second kappa shape index (κ2) is 8.81. The zero-order valence-electron chi connectivity index (χ0n) is 12.9. The molecule has 0 unspecified atom stereocenters. The topological polar surface area (TPSA) is 43.1 Å². The Kier molecular flexibility index (Phi) is 6.71. The smallest absolute Gasteiger partial charge is 0.258 e. The number of rotatable bonds is 2.